The lowest BCUT2D eigenvalue weighted by Gasteiger charge is -2.09. The van der Waals surface area contributed by atoms with Gasteiger partial charge in [-0.25, -0.2) is 4.79 Å². The Labute approximate surface area is 172 Å². The molecule has 0 aliphatic heterocycles. The maximum Gasteiger partial charge on any atom is 0.319 e. The fourth-order valence-corrected chi connectivity index (χ4v) is 2.83. The Morgan fingerprint density at radius 2 is 1.96 bits per heavy atom. The molecule has 0 aliphatic carbocycles. The maximum atomic E-state index is 11.7. The number of ether oxygens (including phenoxy) is 1. The van der Waals surface area contributed by atoms with Crippen molar-refractivity contribution in [1.82, 2.24) is 5.32 Å². The van der Waals surface area contributed by atoms with Gasteiger partial charge in [-0.2, -0.15) is 5.26 Å². The van der Waals surface area contributed by atoms with E-state index in [1.54, 1.807) is 24.3 Å². The van der Waals surface area contributed by atoms with Crippen molar-refractivity contribution in [2.45, 2.75) is 6.61 Å². The number of carbonyl (C=O) groups is 2. The van der Waals surface area contributed by atoms with E-state index in [0.717, 1.165) is 9.13 Å². The van der Waals surface area contributed by atoms with Crippen molar-refractivity contribution in [3.8, 4) is 11.8 Å². The largest absolute Gasteiger partial charge is 0.488 e. The van der Waals surface area contributed by atoms with Gasteiger partial charge in [-0.05, 0) is 80.0 Å². The van der Waals surface area contributed by atoms with Gasteiger partial charge in [0.1, 0.15) is 24.0 Å². The highest BCUT2D eigenvalue weighted by Gasteiger charge is 2.11. The second kappa shape index (κ2) is 9.35. The fraction of sp³-hybridized carbons (Fsp3) is 0.0556. The van der Waals surface area contributed by atoms with Gasteiger partial charge in [-0.15, -0.1) is 0 Å². The molecule has 3 amide bonds. The minimum Gasteiger partial charge on any atom is -0.488 e. The van der Waals surface area contributed by atoms with Crippen molar-refractivity contribution in [3.63, 3.8) is 0 Å². The molecule has 26 heavy (non-hydrogen) atoms. The van der Waals surface area contributed by atoms with E-state index in [-0.39, 0.29) is 5.57 Å². The molecule has 0 bridgehead atoms. The molecule has 0 saturated carbocycles. The number of nitrogens with zero attached hydrogens (tertiary/aromatic N) is 1. The summed E-state index contributed by atoms with van der Waals surface area (Å²) in [5, 5.41) is 10.9. The van der Waals surface area contributed by atoms with Crippen molar-refractivity contribution in [2.75, 3.05) is 0 Å². The van der Waals surface area contributed by atoms with Gasteiger partial charge in [0.2, 0.25) is 0 Å². The zero-order valence-corrected chi connectivity index (χ0v) is 17.1. The number of nitrogens with two attached hydrogens (primary N) is 1. The zero-order chi connectivity index (χ0) is 19.1. The smallest absolute Gasteiger partial charge is 0.319 e. The second-order valence-electron chi connectivity index (χ2n) is 5.09. The predicted molar refractivity (Wildman–Crippen MR) is 109 cm³/mol. The number of primary amides is 1. The van der Waals surface area contributed by atoms with Crippen molar-refractivity contribution in [1.29, 1.82) is 5.26 Å². The molecule has 2 rings (SSSR count). The number of carbonyl (C=O) groups excluding carboxylic acids is 2. The van der Waals surface area contributed by atoms with Crippen LogP contribution in [0, 0.1) is 14.9 Å². The topological polar surface area (TPSA) is 105 Å². The predicted octanol–water partition coefficient (Wildman–Crippen LogP) is 3.73. The Bertz CT molecular complexity index is 905. The van der Waals surface area contributed by atoms with Crippen LogP contribution in [0.1, 0.15) is 11.1 Å². The number of nitriles is 1. The summed E-state index contributed by atoms with van der Waals surface area (Å²) in [6, 6.07) is 13.8. The molecule has 0 unspecified atom stereocenters. The zero-order valence-electron chi connectivity index (χ0n) is 13.3. The lowest BCUT2D eigenvalue weighted by atomic mass is 10.1. The van der Waals surface area contributed by atoms with E-state index in [9.17, 15) is 9.59 Å². The maximum absolute atomic E-state index is 11.7. The van der Waals surface area contributed by atoms with Crippen LogP contribution in [0.15, 0.2) is 52.5 Å². The van der Waals surface area contributed by atoms with E-state index in [1.165, 1.54) is 6.08 Å². The summed E-state index contributed by atoms with van der Waals surface area (Å²) in [6.45, 7) is 0.412. The standard InChI is InChI=1S/C18H13BrIN3O3/c19-15-8-12(7-13(9-21)17(24)23-18(22)25)3-6-16(15)26-10-11-1-4-14(20)5-2-11/h1-8H,10H2,(H3,22,23,24,25)/b13-7-. The third kappa shape index (κ3) is 5.86. The highest BCUT2D eigenvalue weighted by Crippen LogP contribution is 2.27. The van der Waals surface area contributed by atoms with Gasteiger partial charge in [0.05, 0.1) is 4.47 Å². The van der Waals surface area contributed by atoms with Gasteiger partial charge in [0.15, 0.2) is 0 Å². The van der Waals surface area contributed by atoms with Gasteiger partial charge in [0.25, 0.3) is 5.91 Å². The highest BCUT2D eigenvalue weighted by molar-refractivity contribution is 14.1. The summed E-state index contributed by atoms with van der Waals surface area (Å²) in [6.07, 6.45) is 1.35. The average Bonchev–Trinajstić information content (AvgIpc) is 2.59. The summed E-state index contributed by atoms with van der Waals surface area (Å²) in [7, 11) is 0. The van der Waals surface area contributed by atoms with Crippen LogP contribution in [0.5, 0.6) is 5.75 Å². The first-order chi connectivity index (χ1) is 12.4. The molecular formula is C18H13BrIN3O3. The minimum absolute atomic E-state index is 0.233. The fourth-order valence-electron chi connectivity index (χ4n) is 1.96. The number of halogens is 2. The number of imide groups is 1. The average molecular weight is 526 g/mol. The number of benzene rings is 2. The van der Waals surface area contributed by atoms with Crippen molar-refractivity contribution < 1.29 is 14.3 Å². The molecule has 6 nitrogen and oxygen atoms in total. The summed E-state index contributed by atoms with van der Waals surface area (Å²) in [5.74, 6) is -0.226. The number of hydrogen-bond donors (Lipinski definition) is 2. The first-order valence-electron chi connectivity index (χ1n) is 7.28. The van der Waals surface area contributed by atoms with E-state index < -0.39 is 11.9 Å². The van der Waals surface area contributed by atoms with Crippen LogP contribution in [0.3, 0.4) is 0 Å². The Balaban J connectivity index is 2.11. The van der Waals surface area contributed by atoms with Gasteiger partial charge in [-0.1, -0.05) is 18.2 Å². The number of urea groups is 1. The summed E-state index contributed by atoms with van der Waals surface area (Å²) in [4.78, 5) is 22.4. The summed E-state index contributed by atoms with van der Waals surface area (Å²) >= 11 is 5.65. The highest BCUT2D eigenvalue weighted by atomic mass is 127. The lowest BCUT2D eigenvalue weighted by molar-refractivity contribution is -0.115. The molecule has 132 valence electrons. The van der Waals surface area contributed by atoms with Crippen LogP contribution in [-0.4, -0.2) is 11.9 Å². The van der Waals surface area contributed by atoms with Crippen LogP contribution >= 0.6 is 38.5 Å². The Hall–Kier alpha value is -2.38. The molecule has 8 heteroatoms. The van der Waals surface area contributed by atoms with Crippen molar-refractivity contribution in [3.05, 3.63) is 67.2 Å². The quantitative estimate of drug-likeness (QED) is 0.352. The molecule has 0 radical (unpaired) electrons. The van der Waals surface area contributed by atoms with Crippen molar-refractivity contribution in [2.24, 2.45) is 5.73 Å². The molecule has 2 aromatic rings. The number of amides is 3. The molecule has 0 saturated heterocycles. The van der Waals surface area contributed by atoms with Gasteiger partial charge in [-0.3, -0.25) is 10.1 Å². The third-order valence-corrected chi connectivity index (χ3v) is 4.52. The molecule has 0 fully saturated rings. The molecule has 0 heterocycles. The summed E-state index contributed by atoms with van der Waals surface area (Å²) in [5.41, 5.74) is 6.28. The first kappa shape index (κ1) is 19.9. The molecular weight excluding hydrogens is 513 g/mol. The van der Waals surface area contributed by atoms with E-state index in [1.807, 2.05) is 29.6 Å². The van der Waals surface area contributed by atoms with E-state index in [0.29, 0.717) is 22.4 Å². The van der Waals surface area contributed by atoms with Crippen LogP contribution in [0.25, 0.3) is 6.08 Å². The normalized spacial score (nSPS) is 10.7. The Morgan fingerprint density at radius 1 is 1.27 bits per heavy atom. The van der Waals surface area contributed by atoms with Crippen molar-refractivity contribution >= 4 is 56.5 Å². The van der Waals surface area contributed by atoms with Gasteiger partial charge >= 0.3 is 6.03 Å². The third-order valence-electron chi connectivity index (χ3n) is 3.18. The SMILES string of the molecule is N#C/C(=C/c1ccc(OCc2ccc(I)cc2)c(Br)c1)C(=O)NC(N)=O. The molecule has 0 aliphatic rings. The molecule has 0 aromatic heterocycles. The number of nitrogens with one attached hydrogen (secondary N) is 1. The molecule has 2 aromatic carbocycles. The molecule has 0 spiro atoms. The molecule has 0 atom stereocenters. The Morgan fingerprint density at radius 3 is 2.54 bits per heavy atom. The lowest BCUT2D eigenvalue weighted by Crippen LogP contribution is -2.35. The van der Waals surface area contributed by atoms with E-state index >= 15 is 0 Å². The minimum atomic E-state index is -1.02. The van der Waals surface area contributed by atoms with Gasteiger partial charge in [0, 0.05) is 3.57 Å². The van der Waals surface area contributed by atoms with E-state index in [2.05, 4.69) is 38.5 Å². The van der Waals surface area contributed by atoms with Gasteiger partial charge < -0.3 is 10.5 Å². The monoisotopic (exact) mass is 525 g/mol. The summed E-state index contributed by atoms with van der Waals surface area (Å²) < 4.78 is 7.59. The molecule has 3 N–H and O–H groups in total. The first-order valence-corrected chi connectivity index (χ1v) is 9.15. The van der Waals surface area contributed by atoms with Crippen LogP contribution in [-0.2, 0) is 11.4 Å². The second-order valence-corrected chi connectivity index (χ2v) is 7.19. The number of rotatable bonds is 5. The number of hydrogen-bond acceptors (Lipinski definition) is 4. The van der Waals surface area contributed by atoms with Crippen LogP contribution < -0.4 is 15.8 Å². The Kier molecular flexibility index (Phi) is 7.17. The van der Waals surface area contributed by atoms with Crippen LogP contribution in [0.4, 0.5) is 4.79 Å². The van der Waals surface area contributed by atoms with Crippen LogP contribution in [0.2, 0.25) is 0 Å². The van der Waals surface area contributed by atoms with E-state index in [4.69, 9.17) is 15.7 Å².